The summed E-state index contributed by atoms with van der Waals surface area (Å²) >= 11 is 6.01. The third-order valence-corrected chi connectivity index (χ3v) is 4.03. The summed E-state index contributed by atoms with van der Waals surface area (Å²) in [4.78, 5) is 20.7. The SMILES string of the molecule is O=c1c2cnc3ncnn3c2ccn1-c1cc(C(F)(F)F)ccc1Cl. The molecule has 0 N–H and O–H groups in total. The molecule has 0 spiro atoms. The van der Waals surface area contributed by atoms with Crippen LogP contribution >= 0.6 is 11.6 Å². The van der Waals surface area contributed by atoms with Crippen molar-refractivity contribution in [3.05, 3.63) is 63.9 Å². The summed E-state index contributed by atoms with van der Waals surface area (Å²) < 4.78 is 41.3. The maximum Gasteiger partial charge on any atom is 0.416 e. The highest BCUT2D eigenvalue weighted by molar-refractivity contribution is 6.32. The van der Waals surface area contributed by atoms with Crippen LogP contribution in [0.15, 0.2) is 47.8 Å². The fraction of sp³-hybridized carbons (Fsp3) is 0.0667. The maximum atomic E-state index is 12.9. The van der Waals surface area contributed by atoms with Gasteiger partial charge in [-0.15, -0.1) is 0 Å². The van der Waals surface area contributed by atoms with Crippen molar-refractivity contribution < 1.29 is 13.2 Å². The molecule has 0 unspecified atom stereocenters. The fourth-order valence-electron chi connectivity index (χ4n) is 2.53. The maximum absolute atomic E-state index is 12.9. The molecule has 0 saturated carbocycles. The van der Waals surface area contributed by atoms with Crippen LogP contribution in [0, 0.1) is 0 Å². The van der Waals surface area contributed by atoms with Crippen molar-refractivity contribution in [1.82, 2.24) is 24.1 Å². The molecule has 0 aliphatic heterocycles. The Balaban J connectivity index is 2.01. The van der Waals surface area contributed by atoms with Gasteiger partial charge in [0.15, 0.2) is 0 Å². The minimum atomic E-state index is -4.55. The van der Waals surface area contributed by atoms with Crippen LogP contribution in [0.5, 0.6) is 0 Å². The zero-order chi connectivity index (χ0) is 17.8. The Morgan fingerprint density at radius 2 is 1.92 bits per heavy atom. The van der Waals surface area contributed by atoms with Crippen LogP contribution in [-0.4, -0.2) is 24.1 Å². The minimum Gasteiger partial charge on any atom is -0.282 e. The molecule has 126 valence electrons. The quantitative estimate of drug-likeness (QED) is 0.520. The minimum absolute atomic E-state index is 0.0178. The van der Waals surface area contributed by atoms with Gasteiger partial charge in [0.25, 0.3) is 11.3 Å². The summed E-state index contributed by atoms with van der Waals surface area (Å²) in [5, 5.41) is 4.17. The number of pyridine rings is 1. The van der Waals surface area contributed by atoms with E-state index in [2.05, 4.69) is 15.1 Å². The van der Waals surface area contributed by atoms with Gasteiger partial charge in [-0.3, -0.25) is 9.36 Å². The van der Waals surface area contributed by atoms with Gasteiger partial charge >= 0.3 is 6.18 Å². The number of benzene rings is 1. The molecule has 3 aromatic heterocycles. The molecule has 0 saturated heterocycles. The third-order valence-electron chi connectivity index (χ3n) is 3.71. The Bertz CT molecular complexity index is 1180. The lowest BCUT2D eigenvalue weighted by Gasteiger charge is -2.13. The smallest absolute Gasteiger partial charge is 0.282 e. The summed E-state index contributed by atoms with van der Waals surface area (Å²) in [7, 11) is 0. The van der Waals surface area contributed by atoms with E-state index in [4.69, 9.17) is 11.6 Å². The summed E-state index contributed by atoms with van der Waals surface area (Å²) in [5.41, 5.74) is -1.10. The average molecular weight is 366 g/mol. The van der Waals surface area contributed by atoms with Crippen molar-refractivity contribution in [2.45, 2.75) is 6.18 Å². The zero-order valence-corrected chi connectivity index (χ0v) is 13.0. The van der Waals surface area contributed by atoms with Gasteiger partial charge in [0, 0.05) is 12.4 Å². The second-order valence-corrected chi connectivity index (χ2v) is 5.59. The highest BCUT2D eigenvalue weighted by Crippen LogP contribution is 2.32. The number of alkyl halides is 3. The number of rotatable bonds is 1. The summed E-state index contributed by atoms with van der Waals surface area (Å²) in [6.45, 7) is 0. The van der Waals surface area contributed by atoms with Gasteiger partial charge in [-0.1, -0.05) is 11.6 Å². The topological polar surface area (TPSA) is 65.1 Å². The van der Waals surface area contributed by atoms with Gasteiger partial charge in [0.1, 0.15) is 6.33 Å². The number of halogens is 4. The number of fused-ring (bicyclic) bond motifs is 3. The molecule has 6 nitrogen and oxygen atoms in total. The molecule has 0 atom stereocenters. The third kappa shape index (κ3) is 2.43. The molecular weight excluding hydrogens is 359 g/mol. The van der Waals surface area contributed by atoms with E-state index in [9.17, 15) is 18.0 Å². The first-order valence-electron chi connectivity index (χ1n) is 6.93. The molecule has 0 amide bonds. The van der Waals surface area contributed by atoms with Crippen molar-refractivity contribution in [1.29, 1.82) is 0 Å². The van der Waals surface area contributed by atoms with E-state index >= 15 is 0 Å². The van der Waals surface area contributed by atoms with E-state index in [0.29, 0.717) is 11.3 Å². The Hall–Kier alpha value is -2.94. The molecule has 4 rings (SSSR count). The highest BCUT2D eigenvalue weighted by atomic mass is 35.5. The largest absolute Gasteiger partial charge is 0.416 e. The number of aromatic nitrogens is 5. The van der Waals surface area contributed by atoms with Crippen LogP contribution in [0.25, 0.3) is 22.4 Å². The molecule has 0 aliphatic carbocycles. The number of nitrogens with zero attached hydrogens (tertiary/aromatic N) is 5. The van der Waals surface area contributed by atoms with Crippen molar-refractivity contribution in [2.24, 2.45) is 0 Å². The van der Waals surface area contributed by atoms with Gasteiger partial charge in [-0.05, 0) is 24.3 Å². The van der Waals surface area contributed by atoms with Gasteiger partial charge in [0.05, 0.1) is 27.2 Å². The Morgan fingerprint density at radius 1 is 1.12 bits per heavy atom. The Morgan fingerprint density at radius 3 is 2.68 bits per heavy atom. The molecule has 4 aromatic rings. The lowest BCUT2D eigenvalue weighted by molar-refractivity contribution is -0.137. The van der Waals surface area contributed by atoms with Gasteiger partial charge in [0.2, 0.25) is 0 Å². The van der Waals surface area contributed by atoms with E-state index in [1.54, 1.807) is 0 Å². The first kappa shape index (κ1) is 15.6. The molecule has 3 heterocycles. The predicted octanol–water partition coefficient (Wildman–Crippen LogP) is 3.10. The lowest BCUT2D eigenvalue weighted by atomic mass is 10.2. The van der Waals surface area contributed by atoms with E-state index in [1.807, 2.05) is 0 Å². The van der Waals surface area contributed by atoms with Crippen molar-refractivity contribution >= 4 is 28.3 Å². The van der Waals surface area contributed by atoms with Crippen LogP contribution < -0.4 is 5.56 Å². The van der Waals surface area contributed by atoms with Gasteiger partial charge in [-0.2, -0.15) is 27.8 Å². The fourth-order valence-corrected chi connectivity index (χ4v) is 2.74. The molecule has 25 heavy (non-hydrogen) atoms. The number of hydrogen-bond donors (Lipinski definition) is 0. The molecule has 0 radical (unpaired) electrons. The Kier molecular flexibility index (Phi) is 3.29. The van der Waals surface area contributed by atoms with Crippen LogP contribution in [0.2, 0.25) is 5.02 Å². The van der Waals surface area contributed by atoms with E-state index in [-0.39, 0.29) is 16.1 Å². The predicted molar refractivity (Wildman–Crippen MR) is 83.9 cm³/mol. The van der Waals surface area contributed by atoms with Crippen LogP contribution in [0.3, 0.4) is 0 Å². The highest BCUT2D eigenvalue weighted by Gasteiger charge is 2.31. The molecule has 0 aliphatic rings. The standard InChI is InChI=1S/C15H7ClF3N5O/c16-10-2-1-8(15(17,18)19)5-12(10)23-4-3-11-9(13(23)25)6-20-14-21-7-22-24(11)14/h1-7H. The normalized spacial score (nSPS) is 12.2. The van der Waals surface area contributed by atoms with Crippen LogP contribution in [-0.2, 0) is 6.18 Å². The Labute approximate surface area is 142 Å². The molecule has 1 aromatic carbocycles. The average Bonchev–Trinajstić information content (AvgIpc) is 3.04. The van der Waals surface area contributed by atoms with E-state index in [1.165, 1.54) is 29.3 Å². The van der Waals surface area contributed by atoms with Crippen molar-refractivity contribution in [2.75, 3.05) is 0 Å². The second-order valence-electron chi connectivity index (χ2n) is 5.18. The summed E-state index contributed by atoms with van der Waals surface area (Å²) in [6, 6.07) is 4.33. The lowest BCUT2D eigenvalue weighted by Crippen LogP contribution is -2.20. The van der Waals surface area contributed by atoms with Crippen molar-refractivity contribution in [3.63, 3.8) is 0 Å². The monoisotopic (exact) mass is 365 g/mol. The molecular formula is C15H7ClF3N5O. The second kappa shape index (κ2) is 5.28. The van der Waals surface area contributed by atoms with Gasteiger partial charge in [-0.25, -0.2) is 4.98 Å². The van der Waals surface area contributed by atoms with Gasteiger partial charge < -0.3 is 0 Å². The summed E-state index contributed by atoms with van der Waals surface area (Å²) in [6.07, 6.45) is -0.613. The van der Waals surface area contributed by atoms with Crippen molar-refractivity contribution in [3.8, 4) is 5.69 Å². The summed E-state index contributed by atoms with van der Waals surface area (Å²) in [5.74, 6) is 0.307. The first-order valence-corrected chi connectivity index (χ1v) is 7.31. The first-order chi connectivity index (χ1) is 11.9. The van der Waals surface area contributed by atoms with Crippen LogP contribution in [0.4, 0.5) is 13.2 Å². The van der Waals surface area contributed by atoms with Crippen LogP contribution in [0.1, 0.15) is 5.56 Å². The molecule has 0 fully saturated rings. The molecule has 0 bridgehead atoms. The van der Waals surface area contributed by atoms with E-state index < -0.39 is 17.3 Å². The number of hydrogen-bond acceptors (Lipinski definition) is 4. The molecule has 10 heteroatoms. The van der Waals surface area contributed by atoms with E-state index in [0.717, 1.165) is 22.8 Å². The zero-order valence-electron chi connectivity index (χ0n) is 12.2.